The van der Waals surface area contributed by atoms with E-state index in [1.54, 1.807) is 11.8 Å². The molecule has 0 bridgehead atoms. The summed E-state index contributed by atoms with van der Waals surface area (Å²) in [6, 6.07) is 10.1. The third-order valence-electron chi connectivity index (χ3n) is 1.67. The Morgan fingerprint density at radius 2 is 2.14 bits per heavy atom. The molecule has 1 aromatic rings. The highest BCUT2D eigenvalue weighted by molar-refractivity contribution is 7.99. The van der Waals surface area contributed by atoms with Crippen molar-refractivity contribution in [2.45, 2.75) is 11.8 Å². The van der Waals surface area contributed by atoms with Gasteiger partial charge in [0, 0.05) is 10.8 Å². The molecule has 0 fully saturated rings. The minimum atomic E-state index is -0.00799. The SMILES string of the molecule is C[C@H](C=O)COCSc1ccccc1. The lowest BCUT2D eigenvalue weighted by Gasteiger charge is -2.05. The first-order valence-electron chi connectivity index (χ1n) is 4.54. The van der Waals surface area contributed by atoms with Gasteiger partial charge >= 0.3 is 0 Å². The molecule has 0 aliphatic carbocycles. The fourth-order valence-corrected chi connectivity index (χ4v) is 1.56. The second-order valence-corrected chi connectivity index (χ2v) is 4.06. The Labute approximate surface area is 88.7 Å². The van der Waals surface area contributed by atoms with Gasteiger partial charge < -0.3 is 9.53 Å². The quantitative estimate of drug-likeness (QED) is 0.312. The molecular formula is C11H14O2S. The van der Waals surface area contributed by atoms with Crippen molar-refractivity contribution in [1.82, 2.24) is 0 Å². The van der Waals surface area contributed by atoms with E-state index in [-0.39, 0.29) is 5.92 Å². The molecule has 0 aliphatic heterocycles. The van der Waals surface area contributed by atoms with Crippen molar-refractivity contribution in [2.24, 2.45) is 5.92 Å². The molecule has 0 N–H and O–H groups in total. The lowest BCUT2D eigenvalue weighted by atomic mass is 10.2. The zero-order valence-electron chi connectivity index (χ0n) is 8.18. The number of hydrogen-bond acceptors (Lipinski definition) is 3. The summed E-state index contributed by atoms with van der Waals surface area (Å²) in [6.45, 7) is 2.35. The number of aldehydes is 1. The first kappa shape index (κ1) is 11.3. The van der Waals surface area contributed by atoms with Crippen LogP contribution in [-0.2, 0) is 9.53 Å². The Balaban J connectivity index is 2.13. The summed E-state index contributed by atoms with van der Waals surface area (Å²) < 4.78 is 5.32. The molecule has 1 rings (SSSR count). The van der Waals surface area contributed by atoms with Crippen LogP contribution in [0, 0.1) is 5.92 Å². The van der Waals surface area contributed by atoms with Crippen molar-refractivity contribution in [3.8, 4) is 0 Å². The Morgan fingerprint density at radius 3 is 2.79 bits per heavy atom. The van der Waals surface area contributed by atoms with Crippen LogP contribution in [0.5, 0.6) is 0 Å². The van der Waals surface area contributed by atoms with Crippen molar-refractivity contribution in [2.75, 3.05) is 12.5 Å². The van der Waals surface area contributed by atoms with Crippen molar-refractivity contribution in [3.05, 3.63) is 30.3 Å². The van der Waals surface area contributed by atoms with Gasteiger partial charge in [-0.05, 0) is 12.1 Å². The first-order chi connectivity index (χ1) is 6.83. The third kappa shape index (κ3) is 4.44. The molecule has 0 heterocycles. The summed E-state index contributed by atoms with van der Waals surface area (Å²) in [5.41, 5.74) is 0. The van der Waals surface area contributed by atoms with Gasteiger partial charge in [0.05, 0.1) is 12.5 Å². The van der Waals surface area contributed by atoms with E-state index in [9.17, 15) is 4.79 Å². The second-order valence-electron chi connectivity index (χ2n) is 3.06. The number of carbonyl (C=O) groups is 1. The highest BCUT2D eigenvalue weighted by atomic mass is 32.2. The summed E-state index contributed by atoms with van der Waals surface area (Å²) in [5.74, 6) is 0.591. The maximum atomic E-state index is 10.3. The van der Waals surface area contributed by atoms with Crippen LogP contribution in [0.25, 0.3) is 0 Å². The first-order valence-corrected chi connectivity index (χ1v) is 5.52. The minimum absolute atomic E-state index is 0.00799. The van der Waals surface area contributed by atoms with E-state index >= 15 is 0 Å². The number of thioether (sulfide) groups is 1. The number of ether oxygens (including phenoxy) is 1. The maximum absolute atomic E-state index is 10.3. The van der Waals surface area contributed by atoms with Gasteiger partial charge in [-0.1, -0.05) is 36.9 Å². The van der Waals surface area contributed by atoms with E-state index in [0.29, 0.717) is 12.5 Å². The molecule has 76 valence electrons. The average Bonchev–Trinajstić information content (AvgIpc) is 2.25. The maximum Gasteiger partial charge on any atom is 0.125 e. The zero-order valence-corrected chi connectivity index (χ0v) is 9.00. The van der Waals surface area contributed by atoms with Gasteiger partial charge in [0.1, 0.15) is 6.29 Å². The fourth-order valence-electron chi connectivity index (χ4n) is 0.900. The predicted molar refractivity (Wildman–Crippen MR) is 58.3 cm³/mol. The monoisotopic (exact) mass is 210 g/mol. The van der Waals surface area contributed by atoms with Crippen LogP contribution in [-0.4, -0.2) is 18.8 Å². The van der Waals surface area contributed by atoms with Crippen molar-refractivity contribution in [3.63, 3.8) is 0 Å². The molecule has 0 amide bonds. The summed E-state index contributed by atoms with van der Waals surface area (Å²) in [4.78, 5) is 11.5. The van der Waals surface area contributed by atoms with Gasteiger partial charge in [-0.3, -0.25) is 0 Å². The van der Waals surface area contributed by atoms with Crippen LogP contribution in [0.2, 0.25) is 0 Å². The van der Waals surface area contributed by atoms with Crippen LogP contribution in [0.4, 0.5) is 0 Å². The van der Waals surface area contributed by atoms with Crippen LogP contribution in [0.1, 0.15) is 6.92 Å². The van der Waals surface area contributed by atoms with Crippen LogP contribution >= 0.6 is 11.8 Å². The number of rotatable bonds is 6. The molecule has 0 saturated heterocycles. The van der Waals surface area contributed by atoms with E-state index in [0.717, 1.165) is 6.29 Å². The average molecular weight is 210 g/mol. The molecule has 1 aromatic carbocycles. The molecule has 0 spiro atoms. The van der Waals surface area contributed by atoms with Gasteiger partial charge in [0.15, 0.2) is 0 Å². The van der Waals surface area contributed by atoms with Gasteiger partial charge in [0.25, 0.3) is 0 Å². The van der Waals surface area contributed by atoms with Gasteiger partial charge in [-0.2, -0.15) is 0 Å². The highest BCUT2D eigenvalue weighted by Crippen LogP contribution is 2.16. The Kier molecular flexibility index (Phi) is 5.33. The molecule has 0 aromatic heterocycles. The van der Waals surface area contributed by atoms with Crippen molar-refractivity contribution in [1.29, 1.82) is 0 Å². The predicted octanol–water partition coefficient (Wildman–Crippen LogP) is 2.59. The molecule has 2 nitrogen and oxygen atoms in total. The normalized spacial score (nSPS) is 12.4. The number of hydrogen-bond donors (Lipinski definition) is 0. The van der Waals surface area contributed by atoms with Crippen LogP contribution in [0.15, 0.2) is 35.2 Å². The lowest BCUT2D eigenvalue weighted by molar-refractivity contribution is -0.112. The Hall–Kier alpha value is -0.800. The van der Waals surface area contributed by atoms with Crippen molar-refractivity contribution < 1.29 is 9.53 Å². The smallest absolute Gasteiger partial charge is 0.125 e. The molecule has 14 heavy (non-hydrogen) atoms. The Morgan fingerprint density at radius 1 is 1.43 bits per heavy atom. The highest BCUT2D eigenvalue weighted by Gasteiger charge is 1.99. The summed E-state index contributed by atoms with van der Waals surface area (Å²) in [6.07, 6.45) is 0.910. The molecule has 0 aliphatic rings. The molecule has 3 heteroatoms. The molecule has 0 saturated carbocycles. The fraction of sp³-hybridized carbons (Fsp3) is 0.364. The third-order valence-corrected chi connectivity index (χ3v) is 2.56. The number of benzene rings is 1. The topological polar surface area (TPSA) is 26.3 Å². The Bertz CT molecular complexity index is 261. The summed E-state index contributed by atoms with van der Waals surface area (Å²) >= 11 is 1.63. The lowest BCUT2D eigenvalue weighted by Crippen LogP contribution is -2.06. The van der Waals surface area contributed by atoms with Crippen molar-refractivity contribution >= 4 is 18.0 Å². The van der Waals surface area contributed by atoms with E-state index in [1.807, 2.05) is 37.3 Å². The van der Waals surface area contributed by atoms with E-state index in [4.69, 9.17) is 4.74 Å². The van der Waals surface area contributed by atoms with Gasteiger partial charge in [-0.15, -0.1) is 0 Å². The summed E-state index contributed by atoms with van der Waals surface area (Å²) in [7, 11) is 0. The largest absolute Gasteiger partial charge is 0.370 e. The molecule has 0 unspecified atom stereocenters. The second kappa shape index (κ2) is 6.62. The minimum Gasteiger partial charge on any atom is -0.370 e. The standard InChI is InChI=1S/C11H14O2S/c1-10(7-12)8-13-9-14-11-5-3-2-4-6-11/h2-7,10H,8-9H2,1H3/t10-/m1/s1. The van der Waals surface area contributed by atoms with E-state index < -0.39 is 0 Å². The molecular weight excluding hydrogens is 196 g/mol. The summed E-state index contributed by atoms with van der Waals surface area (Å²) in [5, 5.41) is 0. The van der Waals surface area contributed by atoms with Crippen LogP contribution in [0.3, 0.4) is 0 Å². The zero-order chi connectivity index (χ0) is 10.2. The van der Waals surface area contributed by atoms with E-state index in [1.165, 1.54) is 4.90 Å². The van der Waals surface area contributed by atoms with Crippen LogP contribution < -0.4 is 0 Å². The van der Waals surface area contributed by atoms with Gasteiger partial charge in [-0.25, -0.2) is 0 Å². The number of carbonyl (C=O) groups excluding carboxylic acids is 1. The van der Waals surface area contributed by atoms with Gasteiger partial charge in [0.2, 0.25) is 0 Å². The van der Waals surface area contributed by atoms with E-state index in [2.05, 4.69) is 0 Å². The molecule has 1 atom stereocenters. The molecule has 0 radical (unpaired) electrons.